The van der Waals surface area contributed by atoms with Crippen LogP contribution in [0, 0.1) is 11.8 Å². The van der Waals surface area contributed by atoms with Crippen LogP contribution in [0.3, 0.4) is 0 Å². The van der Waals surface area contributed by atoms with Crippen molar-refractivity contribution in [3.05, 3.63) is 29.3 Å². The van der Waals surface area contributed by atoms with Gasteiger partial charge in [0, 0.05) is 5.56 Å². The van der Waals surface area contributed by atoms with Crippen molar-refractivity contribution >= 4 is 12.3 Å². The van der Waals surface area contributed by atoms with E-state index in [-0.39, 0.29) is 11.3 Å². The van der Waals surface area contributed by atoms with Crippen LogP contribution >= 0.6 is 0 Å². The Morgan fingerprint density at radius 1 is 1.53 bits per heavy atom. The van der Waals surface area contributed by atoms with Gasteiger partial charge in [0.2, 0.25) is 0 Å². The number of esters is 1. The highest BCUT2D eigenvalue weighted by Crippen LogP contribution is 2.18. The monoisotopic (exact) mass is 204 g/mol. The largest absolute Gasteiger partial charge is 0.507 e. The van der Waals surface area contributed by atoms with E-state index >= 15 is 0 Å². The van der Waals surface area contributed by atoms with Gasteiger partial charge in [0.1, 0.15) is 11.3 Å². The van der Waals surface area contributed by atoms with Gasteiger partial charge >= 0.3 is 5.97 Å². The highest BCUT2D eigenvalue weighted by atomic mass is 16.5. The molecule has 0 spiro atoms. The van der Waals surface area contributed by atoms with Gasteiger partial charge in [0.25, 0.3) is 0 Å². The summed E-state index contributed by atoms with van der Waals surface area (Å²) < 4.78 is 4.46. The third kappa shape index (κ3) is 2.58. The summed E-state index contributed by atoms with van der Waals surface area (Å²) in [5.74, 6) is 3.88. The SMILES string of the molecule is COC(=O)c1cc(C#CC=O)ccc1O. The number of methoxy groups -OCH3 is 1. The number of benzene rings is 1. The molecule has 1 aromatic carbocycles. The van der Waals surface area contributed by atoms with Crippen molar-refractivity contribution < 1.29 is 19.4 Å². The molecule has 0 saturated heterocycles. The fraction of sp³-hybridized carbons (Fsp3) is 0.0909. The first-order valence-electron chi connectivity index (χ1n) is 4.05. The maximum absolute atomic E-state index is 11.2. The molecule has 0 radical (unpaired) electrons. The summed E-state index contributed by atoms with van der Waals surface area (Å²) in [7, 11) is 1.21. The number of aromatic hydroxyl groups is 1. The quantitative estimate of drug-likeness (QED) is 0.416. The molecule has 4 heteroatoms. The molecule has 0 aliphatic rings. The van der Waals surface area contributed by atoms with E-state index in [4.69, 9.17) is 0 Å². The van der Waals surface area contributed by atoms with E-state index in [0.717, 1.165) is 0 Å². The maximum atomic E-state index is 11.2. The molecule has 0 bridgehead atoms. The summed E-state index contributed by atoms with van der Waals surface area (Å²) in [5.41, 5.74) is 0.482. The van der Waals surface area contributed by atoms with Crippen LogP contribution in [-0.2, 0) is 9.53 Å². The number of phenolic OH excluding ortho intramolecular Hbond substituents is 1. The fourth-order valence-corrected chi connectivity index (χ4v) is 1.00. The molecule has 0 aromatic heterocycles. The first kappa shape index (κ1) is 10.8. The van der Waals surface area contributed by atoms with Crippen molar-refractivity contribution in [1.29, 1.82) is 0 Å². The Bertz CT molecular complexity index is 451. The molecule has 0 amide bonds. The summed E-state index contributed by atoms with van der Waals surface area (Å²) in [4.78, 5) is 21.2. The first-order chi connectivity index (χ1) is 7.19. The lowest BCUT2D eigenvalue weighted by Crippen LogP contribution is -2.01. The standard InChI is InChI=1S/C11H8O4/c1-15-11(14)9-7-8(3-2-6-12)4-5-10(9)13/h4-7,13H,1H3. The van der Waals surface area contributed by atoms with Gasteiger partial charge < -0.3 is 9.84 Å². The lowest BCUT2D eigenvalue weighted by molar-refractivity contribution is -0.103. The van der Waals surface area contributed by atoms with Gasteiger partial charge in [-0.3, -0.25) is 4.79 Å². The minimum atomic E-state index is -0.651. The molecule has 1 N–H and O–H groups in total. The van der Waals surface area contributed by atoms with Crippen LogP contribution in [-0.4, -0.2) is 24.5 Å². The third-order valence-corrected chi connectivity index (χ3v) is 1.68. The lowest BCUT2D eigenvalue weighted by atomic mass is 10.1. The molecular weight excluding hydrogens is 196 g/mol. The number of aldehydes is 1. The Balaban J connectivity index is 3.16. The molecule has 0 saturated carbocycles. The predicted molar refractivity (Wildman–Crippen MR) is 52.4 cm³/mol. The van der Waals surface area contributed by atoms with E-state index in [1.165, 1.54) is 25.3 Å². The van der Waals surface area contributed by atoms with E-state index in [9.17, 15) is 14.7 Å². The zero-order valence-corrected chi connectivity index (χ0v) is 7.98. The van der Waals surface area contributed by atoms with Gasteiger partial charge in [-0.05, 0) is 24.1 Å². The van der Waals surface area contributed by atoms with Crippen LogP contribution in [0.5, 0.6) is 5.75 Å². The smallest absolute Gasteiger partial charge is 0.341 e. The van der Waals surface area contributed by atoms with E-state index < -0.39 is 5.97 Å². The summed E-state index contributed by atoms with van der Waals surface area (Å²) in [6.07, 6.45) is 0.449. The van der Waals surface area contributed by atoms with Gasteiger partial charge in [0.15, 0.2) is 6.29 Å². The normalized spacial score (nSPS) is 8.60. The Kier molecular flexibility index (Phi) is 3.47. The maximum Gasteiger partial charge on any atom is 0.341 e. The van der Waals surface area contributed by atoms with Crippen LogP contribution in [0.15, 0.2) is 18.2 Å². The topological polar surface area (TPSA) is 63.6 Å². The molecule has 0 atom stereocenters. The molecular formula is C11H8O4. The number of hydrogen-bond donors (Lipinski definition) is 1. The predicted octanol–water partition coefficient (Wildman–Crippen LogP) is 0.729. The molecule has 4 nitrogen and oxygen atoms in total. The molecule has 1 aromatic rings. The van der Waals surface area contributed by atoms with Crippen molar-refractivity contribution in [3.63, 3.8) is 0 Å². The van der Waals surface area contributed by atoms with Crippen LogP contribution < -0.4 is 0 Å². The zero-order valence-electron chi connectivity index (χ0n) is 7.98. The highest BCUT2D eigenvalue weighted by Gasteiger charge is 2.11. The second-order valence-corrected chi connectivity index (χ2v) is 2.61. The zero-order chi connectivity index (χ0) is 11.3. The van der Waals surface area contributed by atoms with Crippen molar-refractivity contribution in [1.82, 2.24) is 0 Å². The lowest BCUT2D eigenvalue weighted by Gasteiger charge is -2.02. The average Bonchev–Trinajstić information content (AvgIpc) is 2.27. The number of phenols is 1. The van der Waals surface area contributed by atoms with Gasteiger partial charge in [0.05, 0.1) is 7.11 Å². The van der Waals surface area contributed by atoms with E-state index in [2.05, 4.69) is 16.6 Å². The van der Waals surface area contributed by atoms with Crippen molar-refractivity contribution in [2.45, 2.75) is 0 Å². The molecule has 0 aliphatic heterocycles. The van der Waals surface area contributed by atoms with Crippen LogP contribution in [0.2, 0.25) is 0 Å². The molecule has 0 aliphatic carbocycles. The number of ether oxygens (including phenoxy) is 1. The summed E-state index contributed by atoms with van der Waals surface area (Å²) in [5, 5.41) is 9.34. The van der Waals surface area contributed by atoms with Crippen LogP contribution in [0.25, 0.3) is 0 Å². The van der Waals surface area contributed by atoms with Gasteiger partial charge in [-0.25, -0.2) is 4.79 Å². The molecule has 1 rings (SSSR count). The number of rotatable bonds is 1. The van der Waals surface area contributed by atoms with Crippen LogP contribution in [0.1, 0.15) is 15.9 Å². The second-order valence-electron chi connectivity index (χ2n) is 2.61. The third-order valence-electron chi connectivity index (χ3n) is 1.68. The Labute approximate surface area is 86.5 Å². The Morgan fingerprint density at radius 2 is 2.27 bits per heavy atom. The fourth-order valence-electron chi connectivity index (χ4n) is 1.00. The summed E-state index contributed by atoms with van der Waals surface area (Å²) in [6, 6.07) is 4.18. The van der Waals surface area contributed by atoms with Gasteiger partial charge in [-0.2, -0.15) is 0 Å². The summed E-state index contributed by atoms with van der Waals surface area (Å²) in [6.45, 7) is 0. The second kappa shape index (κ2) is 4.82. The summed E-state index contributed by atoms with van der Waals surface area (Å²) >= 11 is 0. The minimum absolute atomic E-state index is 0.0233. The van der Waals surface area contributed by atoms with E-state index in [1.807, 2.05) is 0 Å². The number of hydrogen-bond acceptors (Lipinski definition) is 4. The number of carbonyl (C=O) groups excluding carboxylic acids is 2. The Hall–Kier alpha value is -2.28. The molecule has 0 heterocycles. The average molecular weight is 204 g/mol. The van der Waals surface area contributed by atoms with Crippen LogP contribution in [0.4, 0.5) is 0 Å². The van der Waals surface area contributed by atoms with E-state index in [1.54, 1.807) is 0 Å². The first-order valence-corrected chi connectivity index (χ1v) is 4.05. The van der Waals surface area contributed by atoms with E-state index in [0.29, 0.717) is 11.8 Å². The van der Waals surface area contributed by atoms with Gasteiger partial charge in [-0.15, -0.1) is 0 Å². The van der Waals surface area contributed by atoms with Gasteiger partial charge in [-0.1, -0.05) is 5.92 Å². The molecule has 0 fully saturated rings. The molecule has 0 unspecified atom stereocenters. The molecule has 15 heavy (non-hydrogen) atoms. The minimum Gasteiger partial charge on any atom is -0.507 e. The van der Waals surface area contributed by atoms with Crippen molar-refractivity contribution in [2.24, 2.45) is 0 Å². The molecule has 76 valence electrons. The van der Waals surface area contributed by atoms with Crippen molar-refractivity contribution in [3.8, 4) is 17.6 Å². The Morgan fingerprint density at radius 3 is 2.87 bits per heavy atom. The highest BCUT2D eigenvalue weighted by molar-refractivity contribution is 5.92. The van der Waals surface area contributed by atoms with Crippen molar-refractivity contribution in [2.75, 3.05) is 7.11 Å². The number of carbonyl (C=O) groups is 2.